The van der Waals surface area contributed by atoms with E-state index in [9.17, 15) is 0 Å². The van der Waals surface area contributed by atoms with Crippen molar-refractivity contribution in [3.8, 4) is 5.75 Å². The number of ether oxygens (including phenoxy) is 1. The number of aromatic nitrogens is 1. The fourth-order valence-electron chi connectivity index (χ4n) is 1.68. The quantitative estimate of drug-likeness (QED) is 0.568. The average Bonchev–Trinajstić information content (AvgIpc) is 2.36. The topological polar surface area (TPSA) is 48.1 Å². The van der Waals surface area contributed by atoms with E-state index in [1.807, 2.05) is 25.1 Å². The van der Waals surface area contributed by atoms with Gasteiger partial charge in [-0.3, -0.25) is 4.98 Å². The van der Waals surface area contributed by atoms with Crippen LogP contribution >= 0.6 is 0 Å². The Balaban J connectivity index is 2.66. The van der Waals surface area contributed by atoms with Gasteiger partial charge in [0.15, 0.2) is 0 Å². The van der Waals surface area contributed by atoms with Crippen LogP contribution in [0.1, 0.15) is 37.6 Å². The summed E-state index contributed by atoms with van der Waals surface area (Å²) in [5.41, 5.74) is 7.97. The van der Waals surface area contributed by atoms with Gasteiger partial charge in [0.2, 0.25) is 0 Å². The van der Waals surface area contributed by atoms with Crippen molar-refractivity contribution in [2.24, 2.45) is 5.73 Å². The largest absolute Gasteiger partial charge is 0.492 e. The molecule has 1 atom stereocenters. The summed E-state index contributed by atoms with van der Waals surface area (Å²) in [6, 6.07) is 4.12. The summed E-state index contributed by atoms with van der Waals surface area (Å²) < 4.78 is 5.77. The highest BCUT2D eigenvalue weighted by atomic mass is 16.5. The maximum Gasteiger partial charge on any atom is 0.140 e. The summed E-state index contributed by atoms with van der Waals surface area (Å²) in [4.78, 5) is 4.53. The predicted octanol–water partition coefficient (Wildman–Crippen LogP) is 3.01. The molecule has 100 valence electrons. The summed E-state index contributed by atoms with van der Waals surface area (Å²) in [7, 11) is 0. The molecule has 1 aromatic rings. The van der Waals surface area contributed by atoms with Gasteiger partial charge in [-0.2, -0.15) is 0 Å². The van der Waals surface area contributed by atoms with Gasteiger partial charge in [-0.15, -0.1) is 6.58 Å². The number of unbranched alkanes of at least 4 members (excludes halogenated alkanes) is 1. The molecule has 0 aromatic carbocycles. The highest BCUT2D eigenvalue weighted by Crippen LogP contribution is 2.19. The summed E-state index contributed by atoms with van der Waals surface area (Å²) in [5, 5.41) is 0. The zero-order valence-electron chi connectivity index (χ0n) is 11.5. The second kappa shape index (κ2) is 7.88. The maximum atomic E-state index is 5.99. The van der Waals surface area contributed by atoms with E-state index in [1.165, 1.54) is 0 Å². The third-order valence-electron chi connectivity index (χ3n) is 2.86. The molecule has 1 unspecified atom stereocenters. The SMILES string of the molecule is C=CCCCOc1ccc(C)nc1CC(N)CC. The van der Waals surface area contributed by atoms with Gasteiger partial charge < -0.3 is 10.5 Å². The Morgan fingerprint density at radius 2 is 2.28 bits per heavy atom. The highest BCUT2D eigenvalue weighted by molar-refractivity contribution is 5.30. The second-order valence-electron chi connectivity index (χ2n) is 4.55. The van der Waals surface area contributed by atoms with Crippen LogP contribution in [-0.2, 0) is 6.42 Å². The van der Waals surface area contributed by atoms with Crippen molar-refractivity contribution in [3.63, 3.8) is 0 Å². The first-order valence-electron chi connectivity index (χ1n) is 6.63. The van der Waals surface area contributed by atoms with Crippen LogP contribution < -0.4 is 10.5 Å². The first-order chi connectivity index (χ1) is 8.67. The molecular weight excluding hydrogens is 224 g/mol. The number of allylic oxidation sites excluding steroid dienone is 1. The van der Waals surface area contributed by atoms with Gasteiger partial charge in [-0.25, -0.2) is 0 Å². The monoisotopic (exact) mass is 248 g/mol. The summed E-state index contributed by atoms with van der Waals surface area (Å²) >= 11 is 0. The van der Waals surface area contributed by atoms with Crippen LogP contribution in [0.25, 0.3) is 0 Å². The van der Waals surface area contributed by atoms with E-state index in [-0.39, 0.29) is 6.04 Å². The minimum absolute atomic E-state index is 0.148. The van der Waals surface area contributed by atoms with Gasteiger partial charge in [-0.1, -0.05) is 13.0 Å². The molecule has 1 rings (SSSR count). The molecule has 0 aliphatic rings. The summed E-state index contributed by atoms with van der Waals surface area (Å²) in [6.07, 6.45) is 5.59. The lowest BCUT2D eigenvalue weighted by molar-refractivity contribution is 0.306. The fourth-order valence-corrected chi connectivity index (χ4v) is 1.68. The van der Waals surface area contributed by atoms with Crippen LogP contribution in [0.5, 0.6) is 5.75 Å². The molecule has 0 saturated heterocycles. The van der Waals surface area contributed by atoms with Crippen molar-refractivity contribution in [3.05, 3.63) is 36.2 Å². The van der Waals surface area contributed by atoms with Crippen LogP contribution in [0.4, 0.5) is 0 Å². The predicted molar refractivity (Wildman–Crippen MR) is 75.9 cm³/mol. The molecule has 0 spiro atoms. The zero-order chi connectivity index (χ0) is 13.4. The fraction of sp³-hybridized carbons (Fsp3) is 0.533. The van der Waals surface area contributed by atoms with E-state index in [4.69, 9.17) is 10.5 Å². The van der Waals surface area contributed by atoms with Crippen LogP contribution in [-0.4, -0.2) is 17.6 Å². The van der Waals surface area contributed by atoms with Crippen molar-refractivity contribution in [2.75, 3.05) is 6.61 Å². The molecule has 0 radical (unpaired) electrons. The minimum atomic E-state index is 0.148. The third kappa shape index (κ3) is 4.88. The highest BCUT2D eigenvalue weighted by Gasteiger charge is 2.09. The first kappa shape index (κ1) is 14.7. The second-order valence-corrected chi connectivity index (χ2v) is 4.55. The van der Waals surface area contributed by atoms with E-state index in [2.05, 4.69) is 18.5 Å². The number of nitrogens with two attached hydrogens (primary N) is 1. The van der Waals surface area contributed by atoms with Gasteiger partial charge in [0.05, 0.1) is 12.3 Å². The van der Waals surface area contributed by atoms with Gasteiger partial charge in [-0.05, 0) is 38.3 Å². The Labute approximate surface area is 110 Å². The number of aryl methyl sites for hydroxylation is 1. The zero-order valence-corrected chi connectivity index (χ0v) is 11.5. The molecule has 0 aliphatic heterocycles. The summed E-state index contributed by atoms with van der Waals surface area (Å²) in [5.74, 6) is 0.869. The van der Waals surface area contributed by atoms with Gasteiger partial charge in [0, 0.05) is 18.2 Å². The molecule has 1 aromatic heterocycles. The standard InChI is InChI=1S/C15H24N2O/c1-4-6-7-10-18-15-9-8-12(3)17-14(15)11-13(16)5-2/h4,8-9,13H,1,5-7,10-11,16H2,2-3H3. The van der Waals surface area contributed by atoms with Crippen LogP contribution in [0, 0.1) is 6.92 Å². The summed E-state index contributed by atoms with van der Waals surface area (Å²) in [6.45, 7) is 8.48. The Morgan fingerprint density at radius 3 is 2.94 bits per heavy atom. The molecule has 0 amide bonds. The van der Waals surface area contributed by atoms with Crippen molar-refractivity contribution >= 4 is 0 Å². The van der Waals surface area contributed by atoms with Gasteiger partial charge >= 0.3 is 0 Å². The van der Waals surface area contributed by atoms with E-state index in [1.54, 1.807) is 0 Å². The minimum Gasteiger partial charge on any atom is -0.492 e. The molecule has 0 bridgehead atoms. The maximum absolute atomic E-state index is 5.99. The van der Waals surface area contributed by atoms with E-state index in [0.717, 1.165) is 42.8 Å². The number of hydrogen-bond acceptors (Lipinski definition) is 3. The molecule has 1 heterocycles. The van der Waals surface area contributed by atoms with Crippen molar-refractivity contribution in [1.82, 2.24) is 4.98 Å². The lowest BCUT2D eigenvalue weighted by Gasteiger charge is -2.14. The molecule has 2 N–H and O–H groups in total. The van der Waals surface area contributed by atoms with Crippen molar-refractivity contribution in [2.45, 2.75) is 45.6 Å². The molecule has 0 saturated carbocycles. The molecule has 18 heavy (non-hydrogen) atoms. The van der Waals surface area contributed by atoms with Crippen molar-refractivity contribution in [1.29, 1.82) is 0 Å². The Bertz CT molecular complexity index is 377. The lowest BCUT2D eigenvalue weighted by Crippen LogP contribution is -2.22. The Hall–Kier alpha value is -1.35. The number of rotatable bonds is 8. The third-order valence-corrected chi connectivity index (χ3v) is 2.86. The van der Waals surface area contributed by atoms with E-state index < -0.39 is 0 Å². The molecular formula is C15H24N2O. The number of hydrogen-bond donors (Lipinski definition) is 1. The van der Waals surface area contributed by atoms with E-state index in [0.29, 0.717) is 6.61 Å². The van der Waals surface area contributed by atoms with Gasteiger partial charge in [0.1, 0.15) is 5.75 Å². The average molecular weight is 248 g/mol. The normalized spacial score (nSPS) is 12.2. The lowest BCUT2D eigenvalue weighted by atomic mass is 10.1. The van der Waals surface area contributed by atoms with Crippen LogP contribution in [0.2, 0.25) is 0 Å². The molecule has 0 aliphatic carbocycles. The van der Waals surface area contributed by atoms with Crippen LogP contribution in [0.15, 0.2) is 24.8 Å². The first-order valence-corrected chi connectivity index (χ1v) is 6.63. The van der Waals surface area contributed by atoms with Crippen LogP contribution in [0.3, 0.4) is 0 Å². The number of nitrogens with zero attached hydrogens (tertiary/aromatic N) is 1. The van der Waals surface area contributed by atoms with Gasteiger partial charge in [0.25, 0.3) is 0 Å². The Morgan fingerprint density at radius 1 is 1.50 bits per heavy atom. The number of pyridine rings is 1. The molecule has 3 nitrogen and oxygen atoms in total. The smallest absolute Gasteiger partial charge is 0.140 e. The van der Waals surface area contributed by atoms with Crippen molar-refractivity contribution < 1.29 is 4.74 Å². The van der Waals surface area contributed by atoms with E-state index >= 15 is 0 Å². The molecule has 0 fully saturated rings. The Kier molecular flexibility index (Phi) is 6.44. The molecule has 3 heteroatoms.